The van der Waals surface area contributed by atoms with E-state index in [2.05, 4.69) is 52.6 Å². The van der Waals surface area contributed by atoms with Gasteiger partial charge in [0, 0.05) is 11.1 Å². The summed E-state index contributed by atoms with van der Waals surface area (Å²) in [7, 11) is 0. The summed E-state index contributed by atoms with van der Waals surface area (Å²) in [6.45, 7) is 39.6. The molecule has 0 heterocycles. The van der Waals surface area contributed by atoms with Gasteiger partial charge in [-0.25, -0.2) is 9.59 Å². The molecule has 2 aromatic rings. The molecule has 0 aliphatic heterocycles. The van der Waals surface area contributed by atoms with Gasteiger partial charge in [-0.15, -0.1) is 52.6 Å². The van der Waals surface area contributed by atoms with Crippen molar-refractivity contribution in [1.29, 1.82) is 0 Å². The van der Waals surface area contributed by atoms with Gasteiger partial charge in [0.05, 0.1) is 146 Å². The number of benzene rings is 2. The molecule has 16 heteroatoms. The number of esters is 2. The number of carbonyl (C=O) groups is 4. The predicted molar refractivity (Wildman–Crippen MR) is 307 cm³/mol. The maximum absolute atomic E-state index is 14.3. The maximum atomic E-state index is 14.3. The third kappa shape index (κ3) is 23.9. The molecule has 16 nitrogen and oxygen atoms in total. The van der Waals surface area contributed by atoms with Crippen molar-refractivity contribution in [3.63, 3.8) is 0 Å². The number of carbonyl (C=O) groups excluding carboxylic acids is 4. The molecule has 0 radical (unpaired) electrons. The van der Waals surface area contributed by atoms with Crippen LogP contribution >= 0.6 is 0 Å². The van der Waals surface area contributed by atoms with Crippen LogP contribution in [0.5, 0.6) is 0 Å². The Balaban J connectivity index is 2.35. The molecule has 0 aromatic heterocycles. The summed E-state index contributed by atoms with van der Waals surface area (Å²) in [5.41, 5.74) is -4.47. The number of hydrogen-bond donors (Lipinski definition) is 0. The molecule has 0 saturated heterocycles. The second-order valence-electron chi connectivity index (χ2n) is 19.6. The lowest BCUT2D eigenvalue weighted by Gasteiger charge is -2.37. The van der Waals surface area contributed by atoms with E-state index < -0.39 is 39.4 Å². The van der Waals surface area contributed by atoms with Gasteiger partial charge in [-0.05, 0) is 51.0 Å². The number of ketones is 2. The fraction of sp³-hybridized carbons (Fsp3) is 0.492. The Labute approximate surface area is 470 Å². The van der Waals surface area contributed by atoms with Crippen molar-refractivity contribution in [2.45, 2.75) is 51.7 Å². The van der Waals surface area contributed by atoms with Crippen LogP contribution in [0.15, 0.2) is 150 Å². The Bertz CT molecular complexity index is 2130. The SMILES string of the molecule is C=CCOCC(COCC=C)(COCC=C)COC(=O)c1ccc(C(=O)C(C)(CC)OCC(COCC=C)(COCC=C)COC(=O)c2ccc(C(=O)C(C)(CC)OCC(COCC=C)(COCC=C)COCC=C)cc2)cc1. The first-order chi connectivity index (χ1) is 38.0. The summed E-state index contributed by atoms with van der Waals surface area (Å²) in [5.74, 6) is -1.97. The summed E-state index contributed by atoms with van der Waals surface area (Å²) in [5, 5.41) is 0. The molecule has 436 valence electrons. The van der Waals surface area contributed by atoms with Crippen LogP contribution < -0.4 is 0 Å². The fourth-order valence-corrected chi connectivity index (χ4v) is 7.63. The summed E-state index contributed by atoms with van der Waals surface area (Å²) < 4.78 is 71.8. The van der Waals surface area contributed by atoms with Crippen LogP contribution in [0.1, 0.15) is 82.0 Å². The Morgan fingerprint density at radius 2 is 0.544 bits per heavy atom. The number of ether oxygens (including phenoxy) is 12. The molecule has 0 fully saturated rings. The smallest absolute Gasteiger partial charge is 0.338 e. The summed E-state index contributed by atoms with van der Waals surface area (Å²) in [6, 6.07) is 12.2. The van der Waals surface area contributed by atoms with E-state index >= 15 is 0 Å². The van der Waals surface area contributed by atoms with Crippen LogP contribution in [0.2, 0.25) is 0 Å². The minimum absolute atomic E-state index is 0.0118. The zero-order valence-corrected chi connectivity index (χ0v) is 47.5. The van der Waals surface area contributed by atoms with Crippen molar-refractivity contribution in [2.24, 2.45) is 16.2 Å². The van der Waals surface area contributed by atoms with E-state index in [1.54, 1.807) is 74.6 Å². The fourth-order valence-electron chi connectivity index (χ4n) is 7.63. The number of Topliss-reactive ketones (excluding diaryl/α,β-unsaturated/α-hetero) is 2. The van der Waals surface area contributed by atoms with Crippen molar-refractivity contribution in [2.75, 3.05) is 132 Å². The monoisotopic (exact) mass is 1100 g/mol. The standard InChI is InChI=1S/C63H88O16/c1-13-31-68-39-61(40-69-32-14-2,41-70-33-15-3)47-76-57(66)53-27-23-52(24-28-53)56(65)60(12,22-10)79-50-63(45-74-37-19-7,46-75-38-20-8)48-77-58(67)54-29-25-51(26-30-54)55(64)59(11,21-9)78-49-62(42-71-34-16-4,43-72-35-17-5)44-73-36-18-6/h13-20,23-30H,1-8,21-22,31-50H2,9-12H3. The number of rotatable bonds is 50. The maximum Gasteiger partial charge on any atom is 0.338 e. The highest BCUT2D eigenvalue weighted by Crippen LogP contribution is 2.31. The van der Waals surface area contributed by atoms with Gasteiger partial charge in [0.25, 0.3) is 0 Å². The molecule has 2 unspecified atom stereocenters. The largest absolute Gasteiger partial charge is 0.461 e. The van der Waals surface area contributed by atoms with Crippen LogP contribution in [-0.4, -0.2) is 167 Å². The molecule has 2 aromatic carbocycles. The first kappa shape index (κ1) is 69.3. The molecular formula is C63H88O16. The minimum atomic E-state index is -1.39. The highest BCUT2D eigenvalue weighted by Gasteiger charge is 2.42. The molecule has 0 aliphatic carbocycles. The highest BCUT2D eigenvalue weighted by atomic mass is 16.6. The lowest BCUT2D eigenvalue weighted by atomic mass is 9.88. The molecule has 79 heavy (non-hydrogen) atoms. The normalized spacial score (nSPS) is 13.2. The van der Waals surface area contributed by atoms with Crippen molar-refractivity contribution in [3.05, 3.63) is 172 Å². The lowest BCUT2D eigenvalue weighted by Crippen LogP contribution is -2.47. The predicted octanol–water partition coefficient (Wildman–Crippen LogP) is 10.0. The van der Waals surface area contributed by atoms with E-state index in [1.807, 2.05) is 13.8 Å². The Kier molecular flexibility index (Phi) is 33.3. The molecule has 0 N–H and O–H groups in total. The quantitative estimate of drug-likeness (QED) is 0.0264. The van der Waals surface area contributed by atoms with Crippen molar-refractivity contribution in [3.8, 4) is 0 Å². The molecule has 0 aliphatic rings. The van der Waals surface area contributed by atoms with Crippen molar-refractivity contribution in [1.82, 2.24) is 0 Å². The van der Waals surface area contributed by atoms with Gasteiger partial charge >= 0.3 is 11.9 Å². The van der Waals surface area contributed by atoms with E-state index in [0.29, 0.717) is 31.8 Å². The topological polar surface area (TPSA) is 179 Å². The number of hydrogen-bond acceptors (Lipinski definition) is 16. The molecule has 0 bridgehead atoms. The van der Waals surface area contributed by atoms with Gasteiger partial charge in [-0.2, -0.15) is 0 Å². The van der Waals surface area contributed by atoms with Gasteiger partial charge in [0.15, 0.2) is 11.6 Å². The van der Waals surface area contributed by atoms with Crippen LogP contribution in [0, 0.1) is 16.2 Å². The second-order valence-corrected chi connectivity index (χ2v) is 19.6. The third-order valence-electron chi connectivity index (χ3n) is 12.6. The van der Waals surface area contributed by atoms with E-state index in [-0.39, 0.29) is 147 Å². The highest BCUT2D eigenvalue weighted by molar-refractivity contribution is 6.03. The van der Waals surface area contributed by atoms with Gasteiger partial charge in [-0.1, -0.05) is 86.7 Å². The average molecular weight is 1100 g/mol. The zero-order valence-electron chi connectivity index (χ0n) is 47.5. The van der Waals surface area contributed by atoms with Crippen LogP contribution in [0.4, 0.5) is 0 Å². The molecule has 0 amide bonds. The molecule has 0 spiro atoms. The molecular weight excluding hydrogens is 1010 g/mol. The van der Waals surface area contributed by atoms with E-state index in [0.717, 1.165) is 0 Å². The van der Waals surface area contributed by atoms with E-state index in [9.17, 15) is 19.2 Å². The van der Waals surface area contributed by atoms with Gasteiger partial charge in [0.1, 0.15) is 24.4 Å². The Morgan fingerprint density at radius 1 is 0.342 bits per heavy atom. The zero-order chi connectivity index (χ0) is 58.5. The summed E-state index contributed by atoms with van der Waals surface area (Å²) in [6.07, 6.45) is 13.5. The van der Waals surface area contributed by atoms with E-state index in [4.69, 9.17) is 56.8 Å². The third-order valence-corrected chi connectivity index (χ3v) is 12.6. The molecule has 2 atom stereocenters. The summed E-state index contributed by atoms with van der Waals surface area (Å²) in [4.78, 5) is 55.9. The van der Waals surface area contributed by atoms with Crippen LogP contribution in [0.25, 0.3) is 0 Å². The first-order valence-electron chi connectivity index (χ1n) is 26.4. The second kappa shape index (κ2) is 38.0. The Hall–Kier alpha value is -5.76. The minimum Gasteiger partial charge on any atom is -0.461 e. The van der Waals surface area contributed by atoms with Crippen molar-refractivity contribution >= 4 is 23.5 Å². The van der Waals surface area contributed by atoms with Gasteiger partial charge in [0.2, 0.25) is 0 Å². The average Bonchev–Trinajstić information content (AvgIpc) is 3.46. The van der Waals surface area contributed by atoms with Crippen LogP contribution in [0.3, 0.4) is 0 Å². The van der Waals surface area contributed by atoms with E-state index in [1.165, 1.54) is 36.4 Å². The van der Waals surface area contributed by atoms with Gasteiger partial charge in [-0.3, -0.25) is 9.59 Å². The molecule has 2 rings (SSSR count). The van der Waals surface area contributed by atoms with Crippen LogP contribution in [-0.2, 0) is 56.8 Å². The lowest BCUT2D eigenvalue weighted by molar-refractivity contribution is -0.126. The van der Waals surface area contributed by atoms with Crippen molar-refractivity contribution < 1.29 is 76.0 Å². The Morgan fingerprint density at radius 3 is 0.759 bits per heavy atom. The molecule has 0 saturated carbocycles. The van der Waals surface area contributed by atoms with Gasteiger partial charge < -0.3 is 56.8 Å². The first-order valence-corrected chi connectivity index (χ1v) is 26.4. The summed E-state index contributed by atoms with van der Waals surface area (Å²) >= 11 is 0.